The van der Waals surface area contributed by atoms with Crippen molar-refractivity contribution in [3.63, 3.8) is 0 Å². The number of nitrogens with zero attached hydrogens (tertiary/aromatic N) is 4. The first-order chi connectivity index (χ1) is 15.8. The molecule has 0 saturated heterocycles. The summed E-state index contributed by atoms with van der Waals surface area (Å²) in [5.74, 6) is 1.83. The van der Waals surface area contributed by atoms with Crippen molar-refractivity contribution in [1.82, 2.24) is 9.80 Å². The van der Waals surface area contributed by atoms with Gasteiger partial charge in [0.1, 0.15) is 24.7 Å². The van der Waals surface area contributed by atoms with Gasteiger partial charge in [-0.3, -0.25) is 0 Å². The quantitative estimate of drug-likeness (QED) is 0.615. The highest BCUT2D eigenvalue weighted by molar-refractivity contribution is 5.65. The van der Waals surface area contributed by atoms with E-state index < -0.39 is 0 Å². The topological polar surface area (TPSA) is 83.5 Å². The van der Waals surface area contributed by atoms with Crippen molar-refractivity contribution in [3.05, 3.63) is 36.4 Å². The summed E-state index contributed by atoms with van der Waals surface area (Å²) < 4.78 is 11.2. The maximum absolute atomic E-state index is 5.76. The van der Waals surface area contributed by atoms with E-state index in [1.54, 1.807) is 0 Å². The Balaban J connectivity index is 0.000000186. The second kappa shape index (κ2) is 11.9. The highest BCUT2D eigenvalue weighted by atomic mass is 16.5. The van der Waals surface area contributed by atoms with Gasteiger partial charge in [-0.15, -0.1) is 0 Å². The molecule has 4 rings (SSSR count). The zero-order valence-electron chi connectivity index (χ0n) is 20.6. The number of hydrogen-bond acceptors (Lipinski definition) is 8. The number of ether oxygens (including phenoxy) is 2. The van der Waals surface area contributed by atoms with Crippen molar-refractivity contribution >= 4 is 22.7 Å². The second-order valence-electron chi connectivity index (χ2n) is 9.09. The third-order valence-electron chi connectivity index (χ3n) is 5.74. The monoisotopic (exact) mass is 456 g/mol. The molecule has 0 saturated carbocycles. The Labute approximate surface area is 198 Å². The summed E-state index contributed by atoms with van der Waals surface area (Å²) in [4.78, 5) is 9.12. The van der Waals surface area contributed by atoms with Gasteiger partial charge >= 0.3 is 0 Å². The Morgan fingerprint density at radius 1 is 0.727 bits per heavy atom. The smallest absolute Gasteiger partial charge is 0.144 e. The molecule has 0 unspecified atom stereocenters. The molecule has 0 spiro atoms. The van der Waals surface area contributed by atoms with Gasteiger partial charge in [-0.25, -0.2) is 0 Å². The molecule has 4 N–H and O–H groups in total. The van der Waals surface area contributed by atoms with Crippen LogP contribution in [0, 0.1) is 0 Å². The maximum Gasteiger partial charge on any atom is 0.144 e. The van der Waals surface area contributed by atoms with E-state index in [0.29, 0.717) is 0 Å². The van der Waals surface area contributed by atoms with Crippen LogP contribution in [0.1, 0.15) is 6.42 Å². The van der Waals surface area contributed by atoms with Gasteiger partial charge in [0.2, 0.25) is 0 Å². The summed E-state index contributed by atoms with van der Waals surface area (Å²) in [5.41, 5.74) is 15.4. The van der Waals surface area contributed by atoms with Crippen LogP contribution < -0.4 is 30.7 Å². The molecule has 8 nitrogen and oxygen atoms in total. The fourth-order valence-electron chi connectivity index (χ4n) is 3.95. The predicted octanol–water partition coefficient (Wildman–Crippen LogP) is 2.45. The van der Waals surface area contributed by atoms with Crippen molar-refractivity contribution in [2.75, 3.05) is 102 Å². The van der Waals surface area contributed by atoms with Crippen LogP contribution in [0.15, 0.2) is 36.4 Å². The van der Waals surface area contributed by atoms with Crippen LogP contribution in [0.5, 0.6) is 11.5 Å². The van der Waals surface area contributed by atoms with Gasteiger partial charge in [0.05, 0.1) is 24.5 Å². The molecule has 0 aromatic heterocycles. The largest absolute Gasteiger partial charge is 0.489 e. The molecular weight excluding hydrogens is 416 g/mol. The molecule has 0 atom stereocenters. The molecule has 0 amide bonds. The normalized spacial score (nSPS) is 14.7. The van der Waals surface area contributed by atoms with E-state index in [-0.39, 0.29) is 0 Å². The van der Waals surface area contributed by atoms with Gasteiger partial charge in [0.25, 0.3) is 0 Å². The molecule has 0 fully saturated rings. The van der Waals surface area contributed by atoms with Crippen LogP contribution >= 0.6 is 0 Å². The van der Waals surface area contributed by atoms with E-state index in [2.05, 4.69) is 53.9 Å². The number of nitrogens with two attached hydrogens (primary N) is 2. The first-order valence-corrected chi connectivity index (χ1v) is 11.7. The maximum atomic E-state index is 5.76. The summed E-state index contributed by atoms with van der Waals surface area (Å²) >= 11 is 0. The van der Waals surface area contributed by atoms with Gasteiger partial charge in [-0.1, -0.05) is 0 Å². The summed E-state index contributed by atoms with van der Waals surface area (Å²) in [5, 5.41) is 0. The van der Waals surface area contributed by atoms with Crippen molar-refractivity contribution in [1.29, 1.82) is 0 Å². The minimum absolute atomic E-state index is 0.740. The van der Waals surface area contributed by atoms with Crippen LogP contribution in [0.25, 0.3) is 0 Å². The van der Waals surface area contributed by atoms with Crippen LogP contribution in [-0.4, -0.2) is 90.5 Å². The molecule has 0 bridgehead atoms. The van der Waals surface area contributed by atoms with Crippen molar-refractivity contribution in [3.8, 4) is 11.5 Å². The van der Waals surface area contributed by atoms with Crippen LogP contribution in [-0.2, 0) is 0 Å². The second-order valence-corrected chi connectivity index (χ2v) is 9.09. The highest BCUT2D eigenvalue weighted by Crippen LogP contribution is 2.34. The van der Waals surface area contributed by atoms with Crippen molar-refractivity contribution < 1.29 is 9.47 Å². The molecular formula is C25H40N6O2. The lowest BCUT2D eigenvalue weighted by molar-refractivity contribution is 0.303. The molecule has 2 aromatic carbocycles. The SMILES string of the molecule is CN(C)CCCN1CCOc2cc(N)ccc21.CN(C)CCN1CCOc2cc(N)ccc21. The third-order valence-corrected chi connectivity index (χ3v) is 5.74. The lowest BCUT2D eigenvalue weighted by atomic mass is 10.2. The molecule has 8 heteroatoms. The van der Waals surface area contributed by atoms with Crippen molar-refractivity contribution in [2.45, 2.75) is 6.42 Å². The van der Waals surface area contributed by atoms with Gasteiger partial charge in [0.15, 0.2) is 0 Å². The average molecular weight is 457 g/mol. The number of nitrogen functional groups attached to an aromatic ring is 2. The van der Waals surface area contributed by atoms with Crippen LogP contribution in [0.2, 0.25) is 0 Å². The summed E-state index contributed by atoms with van der Waals surface area (Å²) in [6, 6.07) is 11.8. The van der Waals surface area contributed by atoms with Gasteiger partial charge in [-0.05, 0) is 65.4 Å². The minimum atomic E-state index is 0.740. The fraction of sp³-hybridized carbons (Fsp3) is 0.520. The molecule has 33 heavy (non-hydrogen) atoms. The lowest BCUT2D eigenvalue weighted by Gasteiger charge is -2.32. The molecule has 2 aromatic rings. The number of likely N-dealkylation sites (N-methyl/N-ethyl adjacent to an activating group) is 1. The highest BCUT2D eigenvalue weighted by Gasteiger charge is 2.18. The van der Waals surface area contributed by atoms with E-state index in [1.807, 2.05) is 30.3 Å². The van der Waals surface area contributed by atoms with E-state index in [9.17, 15) is 0 Å². The molecule has 182 valence electrons. The summed E-state index contributed by atoms with van der Waals surface area (Å²) in [6.45, 7) is 7.65. The van der Waals surface area contributed by atoms with Gasteiger partial charge in [-0.2, -0.15) is 0 Å². The van der Waals surface area contributed by atoms with E-state index >= 15 is 0 Å². The van der Waals surface area contributed by atoms with E-state index in [1.165, 1.54) is 5.69 Å². The number of rotatable bonds is 7. The molecule has 2 aliphatic rings. The summed E-state index contributed by atoms with van der Waals surface area (Å²) in [7, 11) is 8.39. The Bertz CT molecular complexity index is 889. The van der Waals surface area contributed by atoms with E-state index in [4.69, 9.17) is 20.9 Å². The van der Waals surface area contributed by atoms with E-state index in [0.717, 1.165) is 87.5 Å². The zero-order chi connectivity index (χ0) is 23.8. The third kappa shape index (κ3) is 7.33. The Hall–Kier alpha value is -2.84. The van der Waals surface area contributed by atoms with Crippen LogP contribution in [0.4, 0.5) is 22.7 Å². The first-order valence-electron chi connectivity index (χ1n) is 11.7. The minimum Gasteiger partial charge on any atom is -0.489 e. The standard InChI is InChI=1S/C13H21N3O.C12H19N3O/c1-15(2)6-3-7-16-8-9-17-13-10-11(14)4-5-12(13)16;1-14(2)5-6-15-7-8-16-12-9-10(13)3-4-11(12)15/h4-5,10H,3,6-9,14H2,1-2H3;3-4,9H,5-8,13H2,1-2H3. The van der Waals surface area contributed by atoms with Gasteiger partial charge in [0, 0.05) is 43.1 Å². The fourth-order valence-corrected chi connectivity index (χ4v) is 3.95. The Morgan fingerprint density at radius 3 is 1.70 bits per heavy atom. The average Bonchev–Trinajstić information content (AvgIpc) is 2.77. The number of hydrogen-bond donors (Lipinski definition) is 2. The molecule has 0 aliphatic carbocycles. The molecule has 0 radical (unpaired) electrons. The Kier molecular flexibility index (Phi) is 8.91. The number of fused-ring (bicyclic) bond motifs is 2. The first kappa shape index (κ1) is 24.8. The predicted molar refractivity (Wildman–Crippen MR) is 139 cm³/mol. The van der Waals surface area contributed by atoms with Crippen LogP contribution in [0.3, 0.4) is 0 Å². The Morgan fingerprint density at radius 2 is 1.21 bits per heavy atom. The number of anilines is 4. The molecule has 2 aliphatic heterocycles. The van der Waals surface area contributed by atoms with Crippen molar-refractivity contribution in [2.24, 2.45) is 0 Å². The number of benzene rings is 2. The summed E-state index contributed by atoms with van der Waals surface area (Å²) in [6.07, 6.45) is 1.16. The van der Waals surface area contributed by atoms with Gasteiger partial charge < -0.3 is 40.5 Å². The lowest BCUT2D eigenvalue weighted by Crippen LogP contribution is -2.37. The molecule has 2 heterocycles. The zero-order valence-corrected chi connectivity index (χ0v) is 20.6.